The maximum absolute atomic E-state index is 6.01. The fraction of sp³-hybridized carbons (Fsp3) is 0.667. The van der Waals surface area contributed by atoms with Gasteiger partial charge in [-0.25, -0.2) is 9.97 Å². The monoisotopic (exact) mass is 271 g/mol. The van der Waals surface area contributed by atoms with E-state index in [4.69, 9.17) is 11.6 Å². The Balaban J connectivity index is 2.15. The van der Waals surface area contributed by atoms with Crippen LogP contribution >= 0.6 is 23.4 Å². The summed E-state index contributed by atoms with van der Waals surface area (Å²) in [4.78, 5) is 11.0. The summed E-state index contributed by atoms with van der Waals surface area (Å²) in [6, 6.07) is 1.86. The van der Waals surface area contributed by atoms with Gasteiger partial charge in [-0.1, -0.05) is 37.2 Å². The Morgan fingerprint density at radius 1 is 1.29 bits per heavy atom. The van der Waals surface area contributed by atoms with Crippen LogP contribution in [0.25, 0.3) is 0 Å². The van der Waals surface area contributed by atoms with Crippen LogP contribution in [0.3, 0.4) is 0 Å². The first-order valence-electron chi connectivity index (χ1n) is 5.84. The minimum Gasteiger partial charge on any atom is -0.356 e. The summed E-state index contributed by atoms with van der Waals surface area (Å²) in [5.41, 5.74) is 0.454. The van der Waals surface area contributed by atoms with Crippen molar-refractivity contribution in [3.63, 3.8) is 0 Å². The highest BCUT2D eigenvalue weighted by Gasteiger charge is 2.26. The van der Waals surface area contributed by atoms with Gasteiger partial charge in [0.1, 0.15) is 11.0 Å². The molecule has 0 aliphatic carbocycles. The van der Waals surface area contributed by atoms with Crippen LogP contribution in [-0.4, -0.2) is 29.3 Å². The van der Waals surface area contributed by atoms with E-state index in [1.165, 1.54) is 24.6 Å². The Labute approximate surface area is 112 Å². The standard InChI is InChI=1S/C12H18ClN3S/c1-12(2)4-6-16(7-5-12)10-8-9(13)14-11(15-10)17-3/h8H,4-7H2,1-3H3. The van der Waals surface area contributed by atoms with Gasteiger partial charge in [0.25, 0.3) is 0 Å². The Morgan fingerprint density at radius 3 is 2.53 bits per heavy atom. The van der Waals surface area contributed by atoms with Gasteiger partial charge in [-0.3, -0.25) is 0 Å². The first-order chi connectivity index (χ1) is 8.00. The van der Waals surface area contributed by atoms with Crippen molar-refractivity contribution >= 4 is 29.2 Å². The van der Waals surface area contributed by atoms with Gasteiger partial charge in [-0.15, -0.1) is 0 Å². The maximum atomic E-state index is 6.01. The van der Waals surface area contributed by atoms with E-state index >= 15 is 0 Å². The number of rotatable bonds is 2. The van der Waals surface area contributed by atoms with Gasteiger partial charge in [0.15, 0.2) is 5.16 Å². The van der Waals surface area contributed by atoms with E-state index in [1.807, 2.05) is 12.3 Å². The molecule has 1 aromatic heterocycles. The van der Waals surface area contributed by atoms with Crippen LogP contribution in [0.1, 0.15) is 26.7 Å². The van der Waals surface area contributed by atoms with Crippen LogP contribution < -0.4 is 4.90 Å². The predicted molar refractivity (Wildman–Crippen MR) is 74.1 cm³/mol. The molecule has 0 unspecified atom stereocenters. The van der Waals surface area contributed by atoms with Crippen molar-refractivity contribution in [2.45, 2.75) is 31.8 Å². The van der Waals surface area contributed by atoms with Crippen LogP contribution in [0.5, 0.6) is 0 Å². The molecule has 0 saturated carbocycles. The molecule has 1 saturated heterocycles. The Hall–Kier alpha value is -0.480. The van der Waals surface area contributed by atoms with Crippen LogP contribution in [0, 0.1) is 5.41 Å². The van der Waals surface area contributed by atoms with E-state index < -0.39 is 0 Å². The van der Waals surface area contributed by atoms with Gasteiger partial charge in [0, 0.05) is 19.2 Å². The van der Waals surface area contributed by atoms with Crippen molar-refractivity contribution in [3.8, 4) is 0 Å². The molecule has 0 N–H and O–H groups in total. The molecule has 17 heavy (non-hydrogen) atoms. The zero-order valence-electron chi connectivity index (χ0n) is 10.5. The van der Waals surface area contributed by atoms with E-state index in [9.17, 15) is 0 Å². The number of piperidine rings is 1. The molecule has 0 aromatic carbocycles. The van der Waals surface area contributed by atoms with Gasteiger partial charge in [-0.05, 0) is 24.5 Å². The number of thioether (sulfide) groups is 1. The zero-order chi connectivity index (χ0) is 12.5. The highest BCUT2D eigenvalue weighted by molar-refractivity contribution is 7.98. The van der Waals surface area contributed by atoms with Crippen molar-refractivity contribution < 1.29 is 0 Å². The molecule has 2 heterocycles. The number of nitrogens with zero attached hydrogens (tertiary/aromatic N) is 3. The molecule has 1 aromatic rings. The number of hydrogen-bond acceptors (Lipinski definition) is 4. The highest BCUT2D eigenvalue weighted by Crippen LogP contribution is 2.32. The maximum Gasteiger partial charge on any atom is 0.190 e. The van der Waals surface area contributed by atoms with Gasteiger partial charge in [0.05, 0.1) is 0 Å². The van der Waals surface area contributed by atoms with Crippen molar-refractivity contribution in [1.82, 2.24) is 9.97 Å². The van der Waals surface area contributed by atoms with Crippen molar-refractivity contribution in [2.24, 2.45) is 5.41 Å². The zero-order valence-corrected chi connectivity index (χ0v) is 12.1. The Bertz CT molecular complexity index is 399. The summed E-state index contributed by atoms with van der Waals surface area (Å²) < 4.78 is 0. The van der Waals surface area contributed by atoms with E-state index in [-0.39, 0.29) is 0 Å². The van der Waals surface area contributed by atoms with E-state index in [1.54, 1.807) is 0 Å². The smallest absolute Gasteiger partial charge is 0.190 e. The van der Waals surface area contributed by atoms with Crippen molar-refractivity contribution in [1.29, 1.82) is 0 Å². The Kier molecular flexibility index (Phi) is 3.83. The normalized spacial score (nSPS) is 19.4. The summed E-state index contributed by atoms with van der Waals surface area (Å²) >= 11 is 7.54. The third-order valence-electron chi connectivity index (χ3n) is 3.28. The second-order valence-electron chi connectivity index (χ2n) is 5.19. The lowest BCUT2D eigenvalue weighted by Gasteiger charge is -2.37. The second-order valence-corrected chi connectivity index (χ2v) is 6.35. The fourth-order valence-corrected chi connectivity index (χ4v) is 2.58. The van der Waals surface area contributed by atoms with E-state index in [0.29, 0.717) is 10.6 Å². The fourth-order valence-electron chi connectivity index (χ4n) is 1.98. The molecule has 1 aliphatic rings. The SMILES string of the molecule is CSc1nc(Cl)cc(N2CCC(C)(C)CC2)n1. The second kappa shape index (κ2) is 5.02. The summed E-state index contributed by atoms with van der Waals surface area (Å²) in [6.07, 6.45) is 4.36. The first kappa shape index (κ1) is 13.0. The van der Waals surface area contributed by atoms with E-state index in [2.05, 4.69) is 28.7 Å². The van der Waals surface area contributed by atoms with Gasteiger partial charge >= 0.3 is 0 Å². The van der Waals surface area contributed by atoms with Gasteiger partial charge in [-0.2, -0.15) is 0 Å². The Morgan fingerprint density at radius 2 is 1.94 bits per heavy atom. The number of hydrogen-bond donors (Lipinski definition) is 0. The number of halogens is 1. The topological polar surface area (TPSA) is 29.0 Å². The lowest BCUT2D eigenvalue weighted by atomic mass is 9.83. The molecule has 2 rings (SSSR count). The average molecular weight is 272 g/mol. The minimum atomic E-state index is 0.454. The van der Waals surface area contributed by atoms with Crippen LogP contribution in [0.2, 0.25) is 5.15 Å². The molecule has 0 bridgehead atoms. The van der Waals surface area contributed by atoms with Crippen molar-refractivity contribution in [2.75, 3.05) is 24.2 Å². The highest BCUT2D eigenvalue weighted by atomic mass is 35.5. The predicted octanol–water partition coefficient (Wildman–Crippen LogP) is 3.48. The number of anilines is 1. The molecule has 0 radical (unpaired) electrons. The lowest BCUT2D eigenvalue weighted by Crippen LogP contribution is -2.37. The van der Waals surface area contributed by atoms with Crippen LogP contribution in [-0.2, 0) is 0 Å². The quantitative estimate of drug-likeness (QED) is 0.468. The molecule has 1 aliphatic heterocycles. The summed E-state index contributed by atoms with van der Waals surface area (Å²) in [7, 11) is 0. The summed E-state index contributed by atoms with van der Waals surface area (Å²) in [6.45, 7) is 6.75. The van der Waals surface area contributed by atoms with Crippen molar-refractivity contribution in [3.05, 3.63) is 11.2 Å². The molecule has 5 heteroatoms. The molecule has 3 nitrogen and oxygen atoms in total. The average Bonchev–Trinajstić information content (AvgIpc) is 2.28. The van der Waals surface area contributed by atoms with Crippen LogP contribution in [0.4, 0.5) is 5.82 Å². The first-order valence-corrected chi connectivity index (χ1v) is 7.44. The summed E-state index contributed by atoms with van der Waals surface area (Å²) in [5, 5.41) is 1.28. The van der Waals surface area contributed by atoms with Crippen LogP contribution in [0.15, 0.2) is 11.2 Å². The molecule has 94 valence electrons. The lowest BCUT2D eigenvalue weighted by molar-refractivity contribution is 0.279. The summed E-state index contributed by atoms with van der Waals surface area (Å²) in [5.74, 6) is 0.963. The van der Waals surface area contributed by atoms with Gasteiger partial charge < -0.3 is 4.90 Å². The molecular weight excluding hydrogens is 254 g/mol. The van der Waals surface area contributed by atoms with E-state index in [0.717, 1.165) is 24.1 Å². The molecular formula is C12H18ClN3S. The largest absolute Gasteiger partial charge is 0.356 e. The molecule has 0 amide bonds. The third kappa shape index (κ3) is 3.26. The van der Waals surface area contributed by atoms with Gasteiger partial charge in [0.2, 0.25) is 0 Å². The number of aromatic nitrogens is 2. The molecule has 0 atom stereocenters. The minimum absolute atomic E-state index is 0.454. The molecule has 0 spiro atoms. The third-order valence-corrected chi connectivity index (χ3v) is 4.03. The molecule has 1 fully saturated rings.